The molecule has 0 atom stereocenters. The Morgan fingerprint density at radius 1 is 0.333 bits per heavy atom. The van der Waals surface area contributed by atoms with Crippen molar-refractivity contribution in [3.8, 4) is 0 Å². The van der Waals surface area contributed by atoms with Gasteiger partial charge in [-0.25, -0.2) is 8.42 Å². The smallest absolute Gasteiger partial charge is 0.744 e. The van der Waals surface area contributed by atoms with Crippen LogP contribution in [0.2, 0.25) is 0 Å². The first-order valence-corrected chi connectivity index (χ1v) is 25.5. The van der Waals surface area contributed by atoms with Crippen LogP contribution in [0, 0.1) is 0 Å². The van der Waals surface area contributed by atoms with E-state index < -0.39 is 10.1 Å². The molecule has 54 heavy (non-hydrogen) atoms. The Hall–Kier alpha value is 0.130. The molecule has 5 heteroatoms. The summed E-state index contributed by atoms with van der Waals surface area (Å²) in [4.78, 5) is -0.131. The zero-order valence-corrected chi connectivity index (χ0v) is 39.5. The van der Waals surface area contributed by atoms with Gasteiger partial charge in [-0.2, -0.15) is 0 Å². The van der Waals surface area contributed by atoms with Gasteiger partial charge in [0.25, 0.3) is 0 Å². The van der Waals surface area contributed by atoms with Crippen LogP contribution in [0.5, 0.6) is 0 Å². The molecule has 0 fully saturated rings. The number of unbranched alkanes of at least 4 members (excludes halogenated alkanes) is 40. The van der Waals surface area contributed by atoms with E-state index in [4.69, 9.17) is 0 Å². The molecule has 0 aliphatic heterocycles. The maximum atomic E-state index is 11.0. The van der Waals surface area contributed by atoms with Gasteiger partial charge in [0.2, 0.25) is 0 Å². The van der Waals surface area contributed by atoms with E-state index in [2.05, 4.69) is 6.92 Å². The van der Waals surface area contributed by atoms with Gasteiger partial charge in [0.1, 0.15) is 10.1 Å². The van der Waals surface area contributed by atoms with E-state index in [1.165, 1.54) is 269 Å². The predicted octanol–water partition coefficient (Wildman–Crippen LogP) is 14.2. The van der Waals surface area contributed by atoms with Crippen molar-refractivity contribution < 1.29 is 42.5 Å². The van der Waals surface area contributed by atoms with Gasteiger partial charge < -0.3 is 4.55 Å². The average molecular weight is 783 g/mol. The molecule has 0 heterocycles. The molecule has 0 aliphatic carbocycles. The Labute approximate surface area is 361 Å². The fraction of sp³-hybridized carbons (Fsp3) is 0.878. The van der Waals surface area contributed by atoms with Gasteiger partial charge in [-0.15, -0.1) is 0 Å². The third kappa shape index (κ3) is 39.0. The Bertz CT molecular complexity index is 964. The third-order valence-corrected chi connectivity index (χ3v) is 12.6. The molecule has 0 aliphatic rings. The second-order valence-corrected chi connectivity index (χ2v) is 18.4. The van der Waals surface area contributed by atoms with Gasteiger partial charge in [0.05, 0.1) is 4.90 Å². The van der Waals surface area contributed by atoms with Crippen molar-refractivity contribution in [2.45, 2.75) is 281 Å². The minimum atomic E-state index is -4.33. The third-order valence-electron chi connectivity index (χ3n) is 11.8. The van der Waals surface area contributed by atoms with Crippen molar-refractivity contribution in [1.82, 2.24) is 0 Å². The Morgan fingerprint density at radius 3 is 0.704 bits per heavy atom. The monoisotopic (exact) mass is 783 g/mol. The fourth-order valence-corrected chi connectivity index (χ4v) is 8.59. The molecule has 1 rings (SSSR count). The predicted molar refractivity (Wildman–Crippen MR) is 233 cm³/mol. The first kappa shape index (κ1) is 54.1. The van der Waals surface area contributed by atoms with Crippen LogP contribution in [0.25, 0.3) is 0 Å². The van der Waals surface area contributed by atoms with E-state index in [0.717, 1.165) is 18.4 Å². The second-order valence-electron chi connectivity index (χ2n) is 17.0. The van der Waals surface area contributed by atoms with Crippen molar-refractivity contribution in [1.29, 1.82) is 0 Å². The summed E-state index contributed by atoms with van der Waals surface area (Å²) in [7, 11) is -4.33. The fourth-order valence-electron chi connectivity index (χ4n) is 8.12. The minimum Gasteiger partial charge on any atom is -0.744 e. The van der Waals surface area contributed by atoms with E-state index in [0.29, 0.717) is 0 Å². The summed E-state index contributed by atoms with van der Waals surface area (Å²) in [5.74, 6) is 0. The van der Waals surface area contributed by atoms with E-state index in [1.54, 1.807) is 12.1 Å². The standard InChI is InChI=1S/C49H92O3S.Na/c1-2-3-4-5-6-7-8-9-10-11-12-13-14-15-16-17-18-19-20-21-22-23-24-25-26-27-28-29-30-31-32-33-34-35-36-37-38-39-40-41-42-43-48-44-46-49(47-45-48)53(50,51)52;/h44-47H,2-43H2,1H3,(H,50,51,52);/q;+1/p-1. The quantitative estimate of drug-likeness (QED) is 0.0377. The van der Waals surface area contributed by atoms with Crippen molar-refractivity contribution in [2.75, 3.05) is 0 Å². The molecule has 0 saturated carbocycles. The van der Waals surface area contributed by atoms with Crippen LogP contribution in [0.15, 0.2) is 29.2 Å². The number of benzene rings is 1. The van der Waals surface area contributed by atoms with Gasteiger partial charge >= 0.3 is 29.6 Å². The van der Waals surface area contributed by atoms with Gasteiger partial charge in [-0.1, -0.05) is 276 Å². The van der Waals surface area contributed by atoms with Crippen LogP contribution < -0.4 is 29.6 Å². The van der Waals surface area contributed by atoms with Crippen LogP contribution in [-0.2, 0) is 16.5 Å². The molecule has 0 aromatic heterocycles. The van der Waals surface area contributed by atoms with E-state index in [9.17, 15) is 13.0 Å². The van der Waals surface area contributed by atoms with Crippen LogP contribution >= 0.6 is 0 Å². The molecule has 1 aromatic rings. The van der Waals surface area contributed by atoms with Crippen molar-refractivity contribution in [3.05, 3.63) is 29.8 Å². The maximum Gasteiger partial charge on any atom is 1.00 e. The SMILES string of the molecule is CCCCCCCCCCCCCCCCCCCCCCCCCCCCCCCCCCCCCCCCCCCc1ccc(S(=O)(=O)[O-])cc1.[Na+]. The number of rotatable bonds is 43. The molecule has 1 aromatic carbocycles. The first-order valence-electron chi connectivity index (χ1n) is 24.1. The van der Waals surface area contributed by atoms with Crippen molar-refractivity contribution in [3.63, 3.8) is 0 Å². The zero-order chi connectivity index (χ0) is 38.2. The molecule has 0 unspecified atom stereocenters. The van der Waals surface area contributed by atoms with Crippen molar-refractivity contribution >= 4 is 10.1 Å². The average Bonchev–Trinajstić information content (AvgIpc) is 3.15. The summed E-state index contributed by atoms with van der Waals surface area (Å²) >= 11 is 0. The summed E-state index contributed by atoms with van der Waals surface area (Å²) < 4.78 is 33.1. The Kier molecular flexibility index (Phi) is 42.8. The van der Waals surface area contributed by atoms with E-state index >= 15 is 0 Å². The number of hydrogen-bond donors (Lipinski definition) is 0. The molecule has 0 spiro atoms. The van der Waals surface area contributed by atoms with Crippen LogP contribution in [0.1, 0.15) is 276 Å². The van der Waals surface area contributed by atoms with Crippen LogP contribution in [0.4, 0.5) is 0 Å². The molecule has 0 saturated heterocycles. The van der Waals surface area contributed by atoms with Gasteiger partial charge in [0.15, 0.2) is 0 Å². The normalized spacial score (nSPS) is 11.7. The van der Waals surface area contributed by atoms with Gasteiger partial charge in [-0.05, 0) is 30.5 Å². The Balaban J connectivity index is 0.0000281. The van der Waals surface area contributed by atoms with E-state index in [-0.39, 0.29) is 34.5 Å². The maximum absolute atomic E-state index is 11.0. The second kappa shape index (κ2) is 42.7. The molecule has 0 N–H and O–H groups in total. The summed E-state index contributed by atoms with van der Waals surface area (Å²) in [6.07, 6.45) is 59.8. The zero-order valence-electron chi connectivity index (χ0n) is 36.6. The van der Waals surface area contributed by atoms with Crippen LogP contribution in [-0.4, -0.2) is 13.0 Å². The molecular weight excluding hydrogens is 692 g/mol. The minimum absolute atomic E-state index is 0. The largest absolute Gasteiger partial charge is 1.00 e. The molecule has 0 bridgehead atoms. The summed E-state index contributed by atoms with van der Waals surface area (Å²) in [6, 6.07) is 6.42. The topological polar surface area (TPSA) is 57.2 Å². The molecule has 312 valence electrons. The number of hydrogen-bond acceptors (Lipinski definition) is 3. The van der Waals surface area contributed by atoms with Gasteiger partial charge in [-0.3, -0.25) is 0 Å². The number of aryl methyl sites for hydroxylation is 1. The summed E-state index contributed by atoms with van der Waals surface area (Å²) in [5, 5.41) is 0. The molecule has 0 radical (unpaired) electrons. The van der Waals surface area contributed by atoms with E-state index in [1.807, 2.05) is 0 Å². The molecular formula is C49H91NaO3S. The first-order chi connectivity index (χ1) is 26.0. The van der Waals surface area contributed by atoms with Crippen molar-refractivity contribution in [2.24, 2.45) is 0 Å². The van der Waals surface area contributed by atoms with Crippen LogP contribution in [0.3, 0.4) is 0 Å². The Morgan fingerprint density at radius 2 is 0.519 bits per heavy atom. The molecule has 0 amide bonds. The summed E-state index contributed by atoms with van der Waals surface area (Å²) in [6.45, 7) is 2.31. The summed E-state index contributed by atoms with van der Waals surface area (Å²) in [5.41, 5.74) is 1.11. The molecule has 3 nitrogen and oxygen atoms in total. The van der Waals surface area contributed by atoms with Gasteiger partial charge in [0, 0.05) is 0 Å².